The van der Waals surface area contributed by atoms with Crippen molar-refractivity contribution in [2.24, 2.45) is 0 Å². The van der Waals surface area contributed by atoms with Crippen LogP contribution >= 0.6 is 0 Å². The maximum Gasteiger partial charge on any atom is 0.109 e. The molecule has 16 heavy (non-hydrogen) atoms. The molecule has 0 bridgehead atoms. The molecule has 0 aliphatic carbocycles. The van der Waals surface area contributed by atoms with Crippen molar-refractivity contribution < 1.29 is 5.11 Å². The number of aromatic nitrogens is 2. The van der Waals surface area contributed by atoms with Gasteiger partial charge in [-0.3, -0.25) is 9.97 Å². The summed E-state index contributed by atoms with van der Waals surface area (Å²) in [5, 5.41) is 10.2. The molecule has 2 rings (SSSR count). The maximum atomic E-state index is 10.2. The van der Waals surface area contributed by atoms with Crippen LogP contribution in [0.1, 0.15) is 22.8 Å². The van der Waals surface area contributed by atoms with Crippen molar-refractivity contribution in [2.45, 2.75) is 13.0 Å². The zero-order valence-corrected chi connectivity index (χ0v) is 8.96. The van der Waals surface area contributed by atoms with E-state index in [0.29, 0.717) is 11.3 Å². The van der Waals surface area contributed by atoms with Gasteiger partial charge in [0.25, 0.3) is 0 Å². The highest BCUT2D eigenvalue weighted by atomic mass is 16.3. The molecule has 0 radical (unpaired) electrons. The van der Waals surface area contributed by atoms with Crippen LogP contribution in [-0.2, 0) is 0 Å². The van der Waals surface area contributed by atoms with Gasteiger partial charge in [-0.25, -0.2) is 0 Å². The Bertz CT molecular complexity index is 454. The summed E-state index contributed by atoms with van der Waals surface area (Å²) >= 11 is 0. The fourth-order valence-corrected chi connectivity index (χ4v) is 1.58. The highest BCUT2D eigenvalue weighted by Gasteiger charge is 2.15. The smallest absolute Gasteiger partial charge is 0.109 e. The summed E-state index contributed by atoms with van der Waals surface area (Å²) in [6.45, 7) is 1.92. The van der Waals surface area contributed by atoms with E-state index in [1.54, 1.807) is 30.9 Å². The molecule has 1 atom stereocenters. The van der Waals surface area contributed by atoms with Crippen molar-refractivity contribution in [3.05, 3.63) is 53.6 Å². The fourth-order valence-electron chi connectivity index (χ4n) is 1.58. The number of nitrogen functional groups attached to an aromatic ring is 1. The van der Waals surface area contributed by atoms with Gasteiger partial charge >= 0.3 is 0 Å². The summed E-state index contributed by atoms with van der Waals surface area (Å²) in [5.41, 5.74) is 8.66. The molecule has 2 aromatic heterocycles. The molecule has 4 nitrogen and oxygen atoms in total. The molecule has 4 heteroatoms. The topological polar surface area (TPSA) is 72.0 Å². The van der Waals surface area contributed by atoms with E-state index in [4.69, 9.17) is 5.73 Å². The monoisotopic (exact) mass is 215 g/mol. The van der Waals surface area contributed by atoms with Crippen LogP contribution in [0, 0.1) is 6.92 Å². The van der Waals surface area contributed by atoms with E-state index in [-0.39, 0.29) is 0 Å². The van der Waals surface area contributed by atoms with E-state index in [2.05, 4.69) is 9.97 Å². The summed E-state index contributed by atoms with van der Waals surface area (Å²) in [6.07, 6.45) is 5.74. The first-order valence-electron chi connectivity index (χ1n) is 4.98. The predicted octanol–water partition coefficient (Wildman–Crippen LogP) is 1.45. The number of pyridine rings is 2. The lowest BCUT2D eigenvalue weighted by atomic mass is 10.00. The lowest BCUT2D eigenvalue weighted by molar-refractivity contribution is 0.219. The van der Waals surface area contributed by atoms with Crippen LogP contribution < -0.4 is 5.73 Å². The third kappa shape index (κ3) is 1.87. The number of nitrogens with zero attached hydrogens (tertiary/aromatic N) is 2. The average Bonchev–Trinajstić information content (AvgIpc) is 2.29. The Balaban J connectivity index is 2.44. The standard InChI is InChI=1S/C12H13N3O/c1-8-2-4-14-6-9(8)12(16)10-7-15-5-3-11(10)13/h2-7,12,16H,1H3,(H2,13,15). The Morgan fingerprint density at radius 3 is 2.38 bits per heavy atom. The van der Waals surface area contributed by atoms with Crippen LogP contribution in [0.15, 0.2) is 36.9 Å². The molecule has 0 aliphatic heterocycles. The molecule has 0 fully saturated rings. The molecule has 2 heterocycles. The van der Waals surface area contributed by atoms with Crippen LogP contribution in [0.2, 0.25) is 0 Å². The highest BCUT2D eigenvalue weighted by Crippen LogP contribution is 2.26. The number of aryl methyl sites for hydroxylation is 1. The molecule has 2 aromatic rings. The van der Waals surface area contributed by atoms with E-state index >= 15 is 0 Å². The minimum absolute atomic E-state index is 0.533. The lowest BCUT2D eigenvalue weighted by Crippen LogP contribution is -2.06. The van der Waals surface area contributed by atoms with Gasteiger partial charge < -0.3 is 10.8 Å². The molecule has 0 spiro atoms. The molecule has 82 valence electrons. The van der Waals surface area contributed by atoms with Gasteiger partial charge in [0.2, 0.25) is 0 Å². The summed E-state index contributed by atoms with van der Waals surface area (Å²) in [7, 11) is 0. The van der Waals surface area contributed by atoms with Crippen LogP contribution in [0.4, 0.5) is 5.69 Å². The van der Waals surface area contributed by atoms with Crippen molar-refractivity contribution in [1.29, 1.82) is 0 Å². The molecular weight excluding hydrogens is 202 g/mol. The first-order chi connectivity index (χ1) is 7.70. The van der Waals surface area contributed by atoms with Crippen LogP contribution in [0.25, 0.3) is 0 Å². The van der Waals surface area contributed by atoms with Gasteiger partial charge in [-0.05, 0) is 24.6 Å². The second-order valence-electron chi connectivity index (χ2n) is 3.64. The van der Waals surface area contributed by atoms with E-state index in [1.165, 1.54) is 0 Å². The van der Waals surface area contributed by atoms with Crippen molar-refractivity contribution in [3.8, 4) is 0 Å². The van der Waals surface area contributed by atoms with Gasteiger partial charge in [0.05, 0.1) is 0 Å². The van der Waals surface area contributed by atoms with Gasteiger partial charge in [0.15, 0.2) is 0 Å². The van der Waals surface area contributed by atoms with Crippen molar-refractivity contribution in [1.82, 2.24) is 9.97 Å². The van der Waals surface area contributed by atoms with Gasteiger partial charge in [-0.15, -0.1) is 0 Å². The van der Waals surface area contributed by atoms with Gasteiger partial charge in [-0.1, -0.05) is 0 Å². The molecule has 0 amide bonds. The zero-order chi connectivity index (χ0) is 11.5. The molecular formula is C12H13N3O. The number of aliphatic hydroxyl groups is 1. The van der Waals surface area contributed by atoms with Gasteiger partial charge in [-0.2, -0.15) is 0 Å². The third-order valence-corrected chi connectivity index (χ3v) is 2.56. The zero-order valence-electron chi connectivity index (χ0n) is 8.96. The molecule has 1 unspecified atom stereocenters. The lowest BCUT2D eigenvalue weighted by Gasteiger charge is -2.14. The SMILES string of the molecule is Cc1ccncc1C(O)c1cnccc1N. The Morgan fingerprint density at radius 2 is 1.75 bits per heavy atom. The van der Waals surface area contributed by atoms with Crippen LogP contribution in [0.5, 0.6) is 0 Å². The second-order valence-corrected chi connectivity index (χ2v) is 3.64. The van der Waals surface area contributed by atoms with Crippen LogP contribution in [0.3, 0.4) is 0 Å². The van der Waals surface area contributed by atoms with Crippen molar-refractivity contribution in [2.75, 3.05) is 5.73 Å². The van der Waals surface area contributed by atoms with E-state index in [1.807, 2.05) is 13.0 Å². The van der Waals surface area contributed by atoms with Crippen LogP contribution in [-0.4, -0.2) is 15.1 Å². The first kappa shape index (κ1) is 10.6. The number of rotatable bonds is 2. The van der Waals surface area contributed by atoms with E-state index < -0.39 is 6.10 Å². The summed E-state index contributed by atoms with van der Waals surface area (Å²) in [6, 6.07) is 3.52. The van der Waals surface area contributed by atoms with Crippen molar-refractivity contribution >= 4 is 5.69 Å². The Hall–Kier alpha value is -1.94. The summed E-state index contributed by atoms with van der Waals surface area (Å²) < 4.78 is 0. The van der Waals surface area contributed by atoms with E-state index in [0.717, 1.165) is 11.1 Å². The molecule has 0 aliphatic rings. The highest BCUT2D eigenvalue weighted by molar-refractivity contribution is 5.49. The molecule has 0 saturated carbocycles. The molecule has 0 aromatic carbocycles. The number of hydrogen-bond acceptors (Lipinski definition) is 4. The van der Waals surface area contributed by atoms with E-state index in [9.17, 15) is 5.11 Å². The molecule has 0 saturated heterocycles. The Labute approximate surface area is 93.8 Å². The first-order valence-corrected chi connectivity index (χ1v) is 4.98. The maximum absolute atomic E-state index is 10.2. The van der Waals surface area contributed by atoms with Crippen molar-refractivity contribution in [3.63, 3.8) is 0 Å². The predicted molar refractivity (Wildman–Crippen MR) is 61.7 cm³/mol. The quantitative estimate of drug-likeness (QED) is 0.795. The Kier molecular flexibility index (Phi) is 2.83. The van der Waals surface area contributed by atoms with Gasteiger partial charge in [0.1, 0.15) is 6.10 Å². The second kappa shape index (κ2) is 4.28. The minimum Gasteiger partial charge on any atom is -0.398 e. The molecule has 3 N–H and O–H groups in total. The number of hydrogen-bond donors (Lipinski definition) is 2. The summed E-state index contributed by atoms with van der Waals surface area (Å²) in [4.78, 5) is 7.96. The number of nitrogens with two attached hydrogens (primary N) is 1. The Morgan fingerprint density at radius 1 is 1.12 bits per heavy atom. The average molecular weight is 215 g/mol. The summed E-state index contributed by atoms with van der Waals surface area (Å²) in [5.74, 6) is 0. The fraction of sp³-hybridized carbons (Fsp3) is 0.167. The number of aliphatic hydroxyl groups excluding tert-OH is 1. The van der Waals surface area contributed by atoms with Gasteiger partial charge in [0, 0.05) is 41.6 Å². The largest absolute Gasteiger partial charge is 0.398 e. The number of anilines is 1. The minimum atomic E-state index is -0.776. The third-order valence-electron chi connectivity index (χ3n) is 2.56. The normalized spacial score (nSPS) is 12.4.